The minimum atomic E-state index is 0.893. The summed E-state index contributed by atoms with van der Waals surface area (Å²) in [7, 11) is 0. The zero-order valence-corrected chi connectivity index (χ0v) is 8.17. The van der Waals surface area contributed by atoms with Crippen molar-refractivity contribution in [3.8, 4) is 0 Å². The van der Waals surface area contributed by atoms with Crippen LogP contribution in [0.5, 0.6) is 0 Å². The molecule has 0 bridgehead atoms. The molecular formula is C10H14N4. The van der Waals surface area contributed by atoms with Crippen molar-refractivity contribution in [1.82, 2.24) is 9.97 Å². The molecule has 1 heterocycles. The Hall–Kier alpha value is -1.55. The van der Waals surface area contributed by atoms with E-state index in [1.807, 2.05) is 18.2 Å². The summed E-state index contributed by atoms with van der Waals surface area (Å²) in [5.74, 6) is 6.36. The number of hydrazine groups is 1. The number of hydrogen-bond donors (Lipinski definition) is 3. The molecule has 0 radical (unpaired) electrons. The number of aromatic amines is 1. The Kier molecular flexibility index (Phi) is 2.37. The topological polar surface area (TPSA) is 66.7 Å². The lowest BCUT2D eigenvalue weighted by atomic mass is 10.3. The summed E-state index contributed by atoms with van der Waals surface area (Å²) in [6, 6.07) is 5.83. The van der Waals surface area contributed by atoms with Crippen LogP contribution >= 0.6 is 0 Å². The van der Waals surface area contributed by atoms with Gasteiger partial charge in [-0.05, 0) is 24.6 Å². The van der Waals surface area contributed by atoms with Crippen LogP contribution in [0.1, 0.15) is 19.2 Å². The van der Waals surface area contributed by atoms with Crippen LogP contribution in [0.15, 0.2) is 18.2 Å². The molecule has 0 aliphatic carbocycles. The first-order chi connectivity index (χ1) is 6.83. The zero-order valence-electron chi connectivity index (χ0n) is 8.17. The molecule has 0 saturated carbocycles. The van der Waals surface area contributed by atoms with Crippen LogP contribution < -0.4 is 11.3 Å². The number of benzene rings is 1. The number of anilines is 1. The molecule has 0 fully saturated rings. The van der Waals surface area contributed by atoms with Crippen LogP contribution in [0.3, 0.4) is 0 Å². The van der Waals surface area contributed by atoms with Crippen LogP contribution in [-0.4, -0.2) is 9.97 Å². The highest BCUT2D eigenvalue weighted by atomic mass is 15.2. The van der Waals surface area contributed by atoms with Gasteiger partial charge in [-0.25, -0.2) is 4.98 Å². The van der Waals surface area contributed by atoms with E-state index in [0.717, 1.165) is 35.4 Å². The van der Waals surface area contributed by atoms with Gasteiger partial charge in [0.1, 0.15) is 5.82 Å². The van der Waals surface area contributed by atoms with Crippen molar-refractivity contribution >= 4 is 16.7 Å². The SMILES string of the molecule is CCCc1nc2ccc(NN)cc2[nH]1. The minimum absolute atomic E-state index is 0.893. The second kappa shape index (κ2) is 3.67. The first-order valence-electron chi connectivity index (χ1n) is 4.78. The zero-order chi connectivity index (χ0) is 9.97. The smallest absolute Gasteiger partial charge is 0.107 e. The number of imidazole rings is 1. The number of H-pyrrole nitrogens is 1. The lowest BCUT2D eigenvalue weighted by Crippen LogP contribution is -2.05. The summed E-state index contributed by atoms with van der Waals surface area (Å²) >= 11 is 0. The van der Waals surface area contributed by atoms with Gasteiger partial charge in [0, 0.05) is 6.42 Å². The second-order valence-electron chi connectivity index (χ2n) is 3.31. The molecule has 4 heteroatoms. The largest absolute Gasteiger partial charge is 0.342 e. The fraction of sp³-hybridized carbons (Fsp3) is 0.300. The van der Waals surface area contributed by atoms with Gasteiger partial charge in [-0.1, -0.05) is 6.92 Å². The third kappa shape index (κ3) is 1.56. The number of fused-ring (bicyclic) bond motifs is 1. The maximum atomic E-state index is 5.32. The number of rotatable bonds is 3. The fourth-order valence-corrected chi connectivity index (χ4v) is 1.51. The Morgan fingerprint density at radius 1 is 1.50 bits per heavy atom. The first-order valence-corrected chi connectivity index (χ1v) is 4.78. The molecule has 1 aromatic heterocycles. The van der Waals surface area contributed by atoms with Crippen LogP contribution in [0.25, 0.3) is 11.0 Å². The van der Waals surface area contributed by atoms with E-state index in [1.54, 1.807) is 0 Å². The summed E-state index contributed by atoms with van der Waals surface area (Å²) in [5, 5.41) is 0. The third-order valence-corrected chi connectivity index (χ3v) is 2.18. The molecule has 0 aliphatic rings. The normalized spacial score (nSPS) is 10.7. The first kappa shape index (κ1) is 9.02. The van der Waals surface area contributed by atoms with Gasteiger partial charge in [0.2, 0.25) is 0 Å². The number of nitrogen functional groups attached to an aromatic ring is 1. The van der Waals surface area contributed by atoms with Crippen molar-refractivity contribution in [3.63, 3.8) is 0 Å². The summed E-state index contributed by atoms with van der Waals surface area (Å²) < 4.78 is 0. The van der Waals surface area contributed by atoms with Crippen LogP contribution in [0.4, 0.5) is 5.69 Å². The summed E-state index contributed by atoms with van der Waals surface area (Å²) in [6.07, 6.45) is 2.09. The highest BCUT2D eigenvalue weighted by Gasteiger charge is 2.01. The highest BCUT2D eigenvalue weighted by molar-refractivity contribution is 5.79. The van der Waals surface area contributed by atoms with Crippen LogP contribution in [0, 0.1) is 0 Å². The third-order valence-electron chi connectivity index (χ3n) is 2.18. The molecule has 2 aromatic rings. The summed E-state index contributed by atoms with van der Waals surface area (Å²) in [5.41, 5.74) is 5.53. The van der Waals surface area contributed by atoms with E-state index >= 15 is 0 Å². The fourth-order valence-electron chi connectivity index (χ4n) is 1.51. The number of nitrogens with two attached hydrogens (primary N) is 1. The molecule has 14 heavy (non-hydrogen) atoms. The van der Waals surface area contributed by atoms with Gasteiger partial charge < -0.3 is 10.4 Å². The van der Waals surface area contributed by atoms with Crippen molar-refractivity contribution in [3.05, 3.63) is 24.0 Å². The Morgan fingerprint density at radius 2 is 2.36 bits per heavy atom. The van der Waals surface area contributed by atoms with Crippen molar-refractivity contribution in [1.29, 1.82) is 0 Å². The minimum Gasteiger partial charge on any atom is -0.342 e. The molecule has 4 nitrogen and oxygen atoms in total. The molecule has 0 atom stereocenters. The van der Waals surface area contributed by atoms with Crippen molar-refractivity contribution in [2.45, 2.75) is 19.8 Å². The van der Waals surface area contributed by atoms with Gasteiger partial charge in [-0.2, -0.15) is 0 Å². The molecule has 1 aromatic carbocycles. The van der Waals surface area contributed by atoms with Gasteiger partial charge in [-0.3, -0.25) is 5.84 Å². The molecule has 2 rings (SSSR count). The van der Waals surface area contributed by atoms with Gasteiger partial charge >= 0.3 is 0 Å². The van der Waals surface area contributed by atoms with Gasteiger partial charge in [-0.15, -0.1) is 0 Å². The molecule has 0 amide bonds. The molecule has 0 aliphatic heterocycles. The van der Waals surface area contributed by atoms with E-state index in [9.17, 15) is 0 Å². The van der Waals surface area contributed by atoms with Crippen LogP contribution in [-0.2, 0) is 6.42 Å². The molecule has 0 unspecified atom stereocenters. The summed E-state index contributed by atoms with van der Waals surface area (Å²) in [6.45, 7) is 2.14. The lowest BCUT2D eigenvalue weighted by molar-refractivity contribution is 0.861. The molecular weight excluding hydrogens is 176 g/mol. The monoisotopic (exact) mass is 190 g/mol. The molecule has 74 valence electrons. The van der Waals surface area contributed by atoms with Crippen molar-refractivity contribution in [2.24, 2.45) is 5.84 Å². The number of aromatic nitrogens is 2. The van der Waals surface area contributed by atoms with E-state index in [4.69, 9.17) is 5.84 Å². The van der Waals surface area contributed by atoms with E-state index in [1.165, 1.54) is 0 Å². The Morgan fingerprint density at radius 3 is 3.07 bits per heavy atom. The van der Waals surface area contributed by atoms with Crippen molar-refractivity contribution < 1.29 is 0 Å². The standard InChI is InChI=1S/C10H14N4/c1-2-3-10-12-8-5-4-7(14-11)6-9(8)13-10/h4-6,14H,2-3,11H2,1H3,(H,12,13). The number of aryl methyl sites for hydroxylation is 1. The van der Waals surface area contributed by atoms with Gasteiger partial charge in [0.05, 0.1) is 16.7 Å². The Labute approximate surface area is 82.5 Å². The maximum absolute atomic E-state index is 5.32. The lowest BCUT2D eigenvalue weighted by Gasteiger charge is -1.96. The number of hydrogen-bond acceptors (Lipinski definition) is 3. The predicted octanol–water partition coefficient (Wildman–Crippen LogP) is 1.80. The average molecular weight is 190 g/mol. The van der Waals surface area contributed by atoms with Gasteiger partial charge in [0.15, 0.2) is 0 Å². The second-order valence-corrected chi connectivity index (χ2v) is 3.31. The van der Waals surface area contributed by atoms with E-state index < -0.39 is 0 Å². The maximum Gasteiger partial charge on any atom is 0.107 e. The van der Waals surface area contributed by atoms with Gasteiger partial charge in [0.25, 0.3) is 0 Å². The molecule has 4 N–H and O–H groups in total. The average Bonchev–Trinajstić information content (AvgIpc) is 2.59. The quantitative estimate of drug-likeness (QED) is 0.510. The Balaban J connectivity index is 2.43. The van der Waals surface area contributed by atoms with Crippen molar-refractivity contribution in [2.75, 3.05) is 5.43 Å². The number of nitrogens with zero attached hydrogens (tertiary/aromatic N) is 1. The van der Waals surface area contributed by atoms with E-state index in [0.29, 0.717) is 0 Å². The summed E-state index contributed by atoms with van der Waals surface area (Å²) in [4.78, 5) is 7.72. The highest BCUT2D eigenvalue weighted by Crippen LogP contribution is 2.16. The van der Waals surface area contributed by atoms with E-state index in [-0.39, 0.29) is 0 Å². The van der Waals surface area contributed by atoms with Crippen LogP contribution in [0.2, 0.25) is 0 Å². The molecule has 0 saturated heterocycles. The number of nitrogens with one attached hydrogen (secondary N) is 2. The van der Waals surface area contributed by atoms with E-state index in [2.05, 4.69) is 22.3 Å². The molecule has 0 spiro atoms. The Bertz CT molecular complexity index is 433. The predicted molar refractivity (Wildman–Crippen MR) is 57.9 cm³/mol.